The van der Waals surface area contributed by atoms with E-state index in [1.54, 1.807) is 13.2 Å². The van der Waals surface area contributed by atoms with Gasteiger partial charge in [-0.05, 0) is 80.9 Å². The minimum atomic E-state index is -0.0489. The van der Waals surface area contributed by atoms with Gasteiger partial charge in [0.15, 0.2) is 11.5 Å². The number of para-hydroxylation sites is 1. The molecule has 0 amide bonds. The van der Waals surface area contributed by atoms with Gasteiger partial charge in [-0.1, -0.05) is 24.3 Å². The minimum Gasteiger partial charge on any atom is -0.504 e. The molecule has 0 saturated carbocycles. The summed E-state index contributed by atoms with van der Waals surface area (Å²) >= 11 is 0. The van der Waals surface area contributed by atoms with Gasteiger partial charge in [0.1, 0.15) is 5.75 Å². The number of methoxy groups -OCH3 is 1. The maximum absolute atomic E-state index is 10.1. The van der Waals surface area contributed by atoms with Crippen LogP contribution in [-0.4, -0.2) is 54.6 Å². The molecular weight excluding hydrogens is 366 g/mol. The second-order valence-corrected chi connectivity index (χ2v) is 8.16. The smallest absolute Gasteiger partial charge is 0.160 e. The number of benzene rings is 2. The fraction of sp³-hybridized carbons (Fsp3) is 0.500. The van der Waals surface area contributed by atoms with Crippen LogP contribution in [0.2, 0.25) is 0 Å². The molecular formula is C24H33NO4. The van der Waals surface area contributed by atoms with E-state index in [4.69, 9.17) is 9.47 Å². The van der Waals surface area contributed by atoms with Crippen LogP contribution >= 0.6 is 0 Å². The Balaban J connectivity index is 1.49. The first-order valence-electron chi connectivity index (χ1n) is 10.4. The molecule has 1 fully saturated rings. The number of phenols is 1. The second kappa shape index (κ2) is 9.99. The van der Waals surface area contributed by atoms with Crippen molar-refractivity contribution in [2.24, 2.45) is 5.41 Å². The summed E-state index contributed by atoms with van der Waals surface area (Å²) in [5, 5.41) is 19.8. The molecule has 1 heterocycles. The second-order valence-electron chi connectivity index (χ2n) is 8.16. The summed E-state index contributed by atoms with van der Waals surface area (Å²) in [6, 6.07) is 15.8. The number of nitrogens with zero attached hydrogens (tertiary/aromatic N) is 1. The Hall–Kier alpha value is -2.24. The lowest BCUT2D eigenvalue weighted by molar-refractivity contribution is 0.0151. The van der Waals surface area contributed by atoms with Gasteiger partial charge in [0.25, 0.3) is 0 Å². The highest BCUT2D eigenvalue weighted by Gasteiger charge is 2.35. The van der Waals surface area contributed by atoms with Gasteiger partial charge in [0.05, 0.1) is 13.7 Å². The molecule has 3 rings (SSSR count). The lowest BCUT2D eigenvalue weighted by Gasteiger charge is -2.43. The SMILES string of the molecule is COc1cc(C[C@H](C)N2CCC(CO)(CCOc3ccccc3)CC2)ccc1O. The summed E-state index contributed by atoms with van der Waals surface area (Å²) in [4.78, 5) is 2.49. The van der Waals surface area contributed by atoms with Crippen LogP contribution in [0.15, 0.2) is 48.5 Å². The molecule has 0 aliphatic carbocycles. The maximum atomic E-state index is 10.1. The van der Waals surface area contributed by atoms with Crippen LogP contribution in [0.4, 0.5) is 0 Å². The van der Waals surface area contributed by atoms with Gasteiger partial charge < -0.3 is 24.6 Å². The highest BCUT2D eigenvalue weighted by atomic mass is 16.5. The number of hydrogen-bond donors (Lipinski definition) is 2. The molecule has 158 valence electrons. The predicted molar refractivity (Wildman–Crippen MR) is 115 cm³/mol. The zero-order chi connectivity index (χ0) is 20.7. The number of piperidine rings is 1. The van der Waals surface area contributed by atoms with Crippen molar-refractivity contribution in [1.82, 2.24) is 4.90 Å². The molecule has 5 nitrogen and oxygen atoms in total. The van der Waals surface area contributed by atoms with Crippen LogP contribution < -0.4 is 9.47 Å². The van der Waals surface area contributed by atoms with Crippen molar-refractivity contribution in [2.45, 2.75) is 38.6 Å². The highest BCUT2D eigenvalue weighted by molar-refractivity contribution is 5.41. The first-order chi connectivity index (χ1) is 14.0. The summed E-state index contributed by atoms with van der Waals surface area (Å²) in [6.45, 7) is 5.03. The minimum absolute atomic E-state index is 0.0489. The van der Waals surface area contributed by atoms with Crippen molar-refractivity contribution in [2.75, 3.05) is 33.4 Å². The molecule has 1 aliphatic heterocycles. The zero-order valence-electron chi connectivity index (χ0n) is 17.5. The number of ether oxygens (including phenoxy) is 2. The zero-order valence-corrected chi connectivity index (χ0v) is 17.5. The lowest BCUT2D eigenvalue weighted by Crippen LogP contribution is -2.46. The Morgan fingerprint density at radius 1 is 1.10 bits per heavy atom. The van der Waals surface area contributed by atoms with E-state index in [0.29, 0.717) is 18.4 Å². The molecule has 0 spiro atoms. The predicted octanol–water partition coefficient (Wildman–Crippen LogP) is 3.88. The molecule has 1 atom stereocenters. The lowest BCUT2D eigenvalue weighted by atomic mass is 9.76. The average Bonchev–Trinajstić information content (AvgIpc) is 2.76. The van der Waals surface area contributed by atoms with Crippen LogP contribution in [0.1, 0.15) is 31.7 Å². The van der Waals surface area contributed by atoms with Gasteiger partial charge in [-0.2, -0.15) is 0 Å². The van der Waals surface area contributed by atoms with E-state index in [0.717, 1.165) is 50.1 Å². The number of aliphatic hydroxyl groups excluding tert-OH is 1. The van der Waals surface area contributed by atoms with Crippen molar-refractivity contribution in [1.29, 1.82) is 0 Å². The van der Waals surface area contributed by atoms with Gasteiger partial charge in [0.2, 0.25) is 0 Å². The van der Waals surface area contributed by atoms with E-state index in [-0.39, 0.29) is 17.8 Å². The average molecular weight is 400 g/mol. The van der Waals surface area contributed by atoms with E-state index in [2.05, 4.69) is 11.8 Å². The molecule has 0 bridgehead atoms. The van der Waals surface area contributed by atoms with Gasteiger partial charge >= 0.3 is 0 Å². The van der Waals surface area contributed by atoms with Gasteiger partial charge in [-0.25, -0.2) is 0 Å². The Morgan fingerprint density at radius 2 is 1.83 bits per heavy atom. The van der Waals surface area contributed by atoms with Crippen LogP contribution in [-0.2, 0) is 6.42 Å². The summed E-state index contributed by atoms with van der Waals surface area (Å²) in [5.74, 6) is 1.58. The van der Waals surface area contributed by atoms with Crippen LogP contribution in [0, 0.1) is 5.41 Å². The van der Waals surface area contributed by atoms with Gasteiger partial charge in [-0.15, -0.1) is 0 Å². The maximum Gasteiger partial charge on any atom is 0.160 e. The molecule has 2 N–H and O–H groups in total. The number of phenolic OH excluding ortho intramolecular Hbond substituents is 1. The first-order valence-corrected chi connectivity index (χ1v) is 10.4. The molecule has 1 aliphatic rings. The number of aliphatic hydroxyl groups is 1. The van der Waals surface area contributed by atoms with E-state index < -0.39 is 0 Å². The third-order valence-corrected chi connectivity index (χ3v) is 6.24. The largest absolute Gasteiger partial charge is 0.504 e. The van der Waals surface area contributed by atoms with Crippen molar-refractivity contribution < 1.29 is 19.7 Å². The quantitative estimate of drug-likeness (QED) is 0.670. The monoisotopic (exact) mass is 399 g/mol. The Kier molecular flexibility index (Phi) is 7.40. The Labute approximate surface area is 173 Å². The van der Waals surface area contributed by atoms with E-state index in [1.807, 2.05) is 42.5 Å². The topological polar surface area (TPSA) is 62.2 Å². The summed E-state index contributed by atoms with van der Waals surface area (Å²) < 4.78 is 11.1. The molecule has 0 radical (unpaired) electrons. The summed E-state index contributed by atoms with van der Waals surface area (Å²) in [5.41, 5.74) is 1.11. The standard InChI is InChI=1S/C24H33NO4/c1-19(16-20-8-9-22(27)23(17-20)28-2)25-13-10-24(18-26,11-14-25)12-15-29-21-6-4-3-5-7-21/h3-9,17,19,26-27H,10-16,18H2,1-2H3/t19-/m0/s1. The third-order valence-electron chi connectivity index (χ3n) is 6.24. The number of aromatic hydroxyl groups is 1. The number of hydrogen-bond acceptors (Lipinski definition) is 5. The molecule has 1 saturated heterocycles. The summed E-state index contributed by atoms with van der Waals surface area (Å²) in [7, 11) is 1.57. The number of likely N-dealkylation sites (tertiary alicyclic amines) is 1. The fourth-order valence-electron chi connectivity index (χ4n) is 4.15. The highest BCUT2D eigenvalue weighted by Crippen LogP contribution is 2.36. The van der Waals surface area contributed by atoms with E-state index in [9.17, 15) is 10.2 Å². The van der Waals surface area contributed by atoms with Crippen LogP contribution in [0.3, 0.4) is 0 Å². The fourth-order valence-corrected chi connectivity index (χ4v) is 4.15. The third kappa shape index (κ3) is 5.64. The summed E-state index contributed by atoms with van der Waals surface area (Å²) in [6.07, 6.45) is 3.73. The van der Waals surface area contributed by atoms with Crippen molar-refractivity contribution in [3.05, 3.63) is 54.1 Å². The van der Waals surface area contributed by atoms with Crippen molar-refractivity contribution >= 4 is 0 Å². The molecule has 29 heavy (non-hydrogen) atoms. The van der Waals surface area contributed by atoms with Crippen LogP contribution in [0.5, 0.6) is 17.2 Å². The molecule has 2 aromatic rings. The molecule has 2 aromatic carbocycles. The molecule has 0 unspecified atom stereocenters. The Bertz CT molecular complexity index is 757. The molecule has 5 heteroatoms. The molecule has 0 aromatic heterocycles. The Morgan fingerprint density at radius 3 is 2.48 bits per heavy atom. The van der Waals surface area contributed by atoms with Crippen LogP contribution in [0.25, 0.3) is 0 Å². The van der Waals surface area contributed by atoms with E-state index >= 15 is 0 Å². The first kappa shape index (κ1) is 21.5. The number of rotatable bonds is 9. The van der Waals surface area contributed by atoms with Gasteiger partial charge in [-0.3, -0.25) is 0 Å². The van der Waals surface area contributed by atoms with Crippen molar-refractivity contribution in [3.63, 3.8) is 0 Å². The van der Waals surface area contributed by atoms with Crippen molar-refractivity contribution in [3.8, 4) is 17.2 Å². The van der Waals surface area contributed by atoms with E-state index in [1.165, 1.54) is 0 Å². The van der Waals surface area contributed by atoms with Gasteiger partial charge in [0, 0.05) is 12.6 Å². The normalized spacial score (nSPS) is 17.6.